The lowest BCUT2D eigenvalue weighted by Crippen LogP contribution is -2.48. The van der Waals surface area contributed by atoms with Crippen molar-refractivity contribution < 1.29 is 14.6 Å². The third kappa shape index (κ3) is 5.33. The molecule has 0 aromatic carbocycles. The van der Waals surface area contributed by atoms with Crippen molar-refractivity contribution in [3.05, 3.63) is 45.2 Å². The molecule has 0 bridgehead atoms. The molecule has 34 heavy (non-hydrogen) atoms. The first kappa shape index (κ1) is 24.8. The van der Waals surface area contributed by atoms with Crippen molar-refractivity contribution in [2.24, 2.45) is 0 Å². The SMILES string of the molecule is CCOCCCN1C(=O)C(=Cc2c(N3CCN(CCO)CC3)nc3ccccn3c2=O)SC1=S. The third-order valence-corrected chi connectivity index (χ3v) is 7.24. The molecule has 4 rings (SSSR count). The van der Waals surface area contributed by atoms with Crippen LogP contribution in [0.15, 0.2) is 34.1 Å². The summed E-state index contributed by atoms with van der Waals surface area (Å²) >= 11 is 6.66. The van der Waals surface area contributed by atoms with Gasteiger partial charge in [-0.1, -0.05) is 30.0 Å². The molecule has 1 N–H and O–H groups in total. The standard InChI is InChI=1S/C23H29N5O4S2/c1-2-32-15-5-8-28-22(31)18(34-23(28)33)16-17-20(26-11-9-25(10-12-26)13-14-29)24-19-6-3-4-7-27(19)21(17)30/h3-4,6-7,16,29H,2,5,8-15H2,1H3. The van der Waals surface area contributed by atoms with Crippen LogP contribution >= 0.6 is 24.0 Å². The third-order valence-electron chi connectivity index (χ3n) is 5.86. The number of anilines is 1. The first-order valence-electron chi connectivity index (χ1n) is 11.5. The predicted octanol–water partition coefficient (Wildman–Crippen LogP) is 1.44. The molecule has 4 heterocycles. The molecule has 0 spiro atoms. The second kappa shape index (κ2) is 11.4. The van der Waals surface area contributed by atoms with Crippen LogP contribution in [-0.2, 0) is 9.53 Å². The van der Waals surface area contributed by atoms with Gasteiger partial charge < -0.3 is 14.7 Å². The Labute approximate surface area is 208 Å². The number of β-amino-alcohol motifs (C(OH)–C–C–N with tert-alkyl or cyclic N) is 1. The summed E-state index contributed by atoms with van der Waals surface area (Å²) in [6.45, 7) is 7.23. The number of hydrogen-bond acceptors (Lipinski definition) is 9. The number of pyridine rings is 1. The Morgan fingerprint density at radius 1 is 1.21 bits per heavy atom. The van der Waals surface area contributed by atoms with Crippen LogP contribution in [0.2, 0.25) is 0 Å². The summed E-state index contributed by atoms with van der Waals surface area (Å²) in [5.41, 5.74) is 0.718. The number of piperazine rings is 1. The molecule has 0 saturated carbocycles. The molecule has 1 amide bonds. The monoisotopic (exact) mass is 503 g/mol. The number of aliphatic hydroxyl groups excluding tert-OH is 1. The molecular weight excluding hydrogens is 474 g/mol. The van der Waals surface area contributed by atoms with E-state index in [0.29, 0.717) is 72.1 Å². The number of carbonyl (C=O) groups excluding carboxylic acids is 1. The van der Waals surface area contributed by atoms with Crippen LogP contribution in [-0.4, -0.2) is 93.6 Å². The molecule has 0 aliphatic carbocycles. The molecule has 11 heteroatoms. The number of carbonyl (C=O) groups is 1. The molecule has 2 aromatic heterocycles. The summed E-state index contributed by atoms with van der Waals surface area (Å²) < 4.78 is 7.36. The van der Waals surface area contributed by atoms with Gasteiger partial charge in [-0.05, 0) is 31.6 Å². The zero-order valence-electron chi connectivity index (χ0n) is 19.2. The van der Waals surface area contributed by atoms with Crippen molar-refractivity contribution in [2.75, 3.05) is 64.0 Å². The van der Waals surface area contributed by atoms with Gasteiger partial charge in [0.05, 0.1) is 17.1 Å². The van der Waals surface area contributed by atoms with Gasteiger partial charge in [0, 0.05) is 58.7 Å². The minimum Gasteiger partial charge on any atom is -0.395 e. The first-order valence-corrected chi connectivity index (χ1v) is 12.7. The number of rotatable bonds is 9. The Bertz CT molecular complexity index is 1140. The van der Waals surface area contributed by atoms with E-state index in [1.54, 1.807) is 29.3 Å². The molecule has 2 saturated heterocycles. The lowest BCUT2D eigenvalue weighted by atomic mass is 10.2. The normalized spacial score (nSPS) is 18.6. The minimum absolute atomic E-state index is 0.118. The average Bonchev–Trinajstić information content (AvgIpc) is 3.11. The molecule has 0 atom stereocenters. The maximum absolute atomic E-state index is 13.5. The molecule has 2 aliphatic heterocycles. The smallest absolute Gasteiger partial charge is 0.267 e. The molecule has 0 radical (unpaired) electrons. The van der Waals surface area contributed by atoms with Crippen molar-refractivity contribution in [3.63, 3.8) is 0 Å². The molecular formula is C23H29N5O4S2. The quantitative estimate of drug-likeness (QED) is 0.310. The van der Waals surface area contributed by atoms with E-state index in [1.807, 2.05) is 13.0 Å². The maximum Gasteiger partial charge on any atom is 0.267 e. The van der Waals surface area contributed by atoms with Gasteiger partial charge in [-0.15, -0.1) is 0 Å². The van der Waals surface area contributed by atoms with Crippen LogP contribution in [0, 0.1) is 0 Å². The number of thiocarbonyl (C=S) groups is 1. The second-order valence-corrected chi connectivity index (χ2v) is 9.69. The van der Waals surface area contributed by atoms with Crippen LogP contribution in [0.25, 0.3) is 11.7 Å². The number of nitrogens with zero attached hydrogens (tertiary/aromatic N) is 5. The van der Waals surface area contributed by atoms with E-state index in [9.17, 15) is 14.7 Å². The Kier molecular flexibility index (Phi) is 8.32. The number of hydrogen-bond donors (Lipinski definition) is 1. The molecule has 9 nitrogen and oxygen atoms in total. The van der Waals surface area contributed by atoms with Gasteiger partial charge in [-0.3, -0.25) is 23.8 Å². The van der Waals surface area contributed by atoms with E-state index in [2.05, 4.69) is 9.80 Å². The van der Waals surface area contributed by atoms with E-state index in [1.165, 1.54) is 16.2 Å². The van der Waals surface area contributed by atoms with Gasteiger partial charge in [0.25, 0.3) is 11.5 Å². The second-order valence-electron chi connectivity index (χ2n) is 8.02. The summed E-state index contributed by atoms with van der Waals surface area (Å²) in [6.07, 6.45) is 4.02. The van der Waals surface area contributed by atoms with E-state index >= 15 is 0 Å². The summed E-state index contributed by atoms with van der Waals surface area (Å²) in [4.78, 5) is 37.6. The molecule has 0 unspecified atom stereocenters. The predicted molar refractivity (Wildman–Crippen MR) is 138 cm³/mol. The van der Waals surface area contributed by atoms with Gasteiger partial charge in [0.1, 0.15) is 15.8 Å². The summed E-state index contributed by atoms with van der Waals surface area (Å²) in [5.74, 6) is 0.379. The van der Waals surface area contributed by atoms with Gasteiger partial charge in [-0.25, -0.2) is 4.98 Å². The van der Waals surface area contributed by atoms with Crippen LogP contribution in [0.1, 0.15) is 18.9 Å². The molecule has 2 aromatic rings. The Morgan fingerprint density at radius 3 is 2.74 bits per heavy atom. The average molecular weight is 504 g/mol. The zero-order chi connectivity index (χ0) is 24.1. The number of aliphatic hydroxyl groups is 1. The highest BCUT2D eigenvalue weighted by Crippen LogP contribution is 2.33. The van der Waals surface area contributed by atoms with Crippen molar-refractivity contribution in [2.45, 2.75) is 13.3 Å². The number of amides is 1. The Hall–Kier alpha value is -2.31. The van der Waals surface area contributed by atoms with Crippen molar-refractivity contribution in [1.82, 2.24) is 19.2 Å². The van der Waals surface area contributed by atoms with Gasteiger partial charge in [-0.2, -0.15) is 0 Å². The van der Waals surface area contributed by atoms with Crippen molar-refractivity contribution in [3.8, 4) is 0 Å². The zero-order valence-corrected chi connectivity index (χ0v) is 20.8. The van der Waals surface area contributed by atoms with Crippen LogP contribution in [0.4, 0.5) is 5.82 Å². The number of aromatic nitrogens is 2. The maximum atomic E-state index is 13.5. The highest BCUT2D eigenvalue weighted by molar-refractivity contribution is 8.26. The molecule has 2 aliphatic rings. The van der Waals surface area contributed by atoms with Gasteiger partial charge in [0.15, 0.2) is 0 Å². The lowest BCUT2D eigenvalue weighted by Gasteiger charge is -2.35. The summed E-state index contributed by atoms with van der Waals surface area (Å²) in [7, 11) is 0. The fraction of sp³-hybridized carbons (Fsp3) is 0.478. The van der Waals surface area contributed by atoms with E-state index < -0.39 is 0 Å². The van der Waals surface area contributed by atoms with E-state index in [-0.39, 0.29) is 18.1 Å². The summed E-state index contributed by atoms with van der Waals surface area (Å²) in [5, 5.41) is 9.23. The van der Waals surface area contributed by atoms with Gasteiger partial charge >= 0.3 is 0 Å². The lowest BCUT2D eigenvalue weighted by molar-refractivity contribution is -0.122. The minimum atomic E-state index is -0.222. The van der Waals surface area contributed by atoms with E-state index in [4.69, 9.17) is 21.9 Å². The Morgan fingerprint density at radius 2 is 2.00 bits per heavy atom. The molecule has 2 fully saturated rings. The topological polar surface area (TPSA) is 90.6 Å². The Balaban J connectivity index is 1.66. The van der Waals surface area contributed by atoms with Gasteiger partial charge in [0.2, 0.25) is 0 Å². The van der Waals surface area contributed by atoms with Crippen LogP contribution in [0.3, 0.4) is 0 Å². The fourth-order valence-electron chi connectivity index (χ4n) is 4.08. The van der Waals surface area contributed by atoms with Crippen LogP contribution in [0.5, 0.6) is 0 Å². The number of fused-ring (bicyclic) bond motifs is 1. The highest BCUT2D eigenvalue weighted by Gasteiger charge is 2.33. The van der Waals surface area contributed by atoms with E-state index in [0.717, 1.165) is 13.1 Å². The fourth-order valence-corrected chi connectivity index (χ4v) is 5.37. The molecule has 182 valence electrons. The van der Waals surface area contributed by atoms with Crippen molar-refractivity contribution in [1.29, 1.82) is 0 Å². The first-order chi connectivity index (χ1) is 16.5. The van der Waals surface area contributed by atoms with Crippen LogP contribution < -0.4 is 10.5 Å². The number of thioether (sulfide) groups is 1. The summed E-state index contributed by atoms with van der Waals surface area (Å²) in [6, 6.07) is 5.43. The largest absolute Gasteiger partial charge is 0.395 e. The highest BCUT2D eigenvalue weighted by atomic mass is 32.2. The number of ether oxygens (including phenoxy) is 1. The van der Waals surface area contributed by atoms with Crippen molar-refractivity contribution >= 4 is 51.7 Å².